The molecule has 0 aromatic heterocycles. The summed E-state index contributed by atoms with van der Waals surface area (Å²) in [5.74, 6) is 0. The van der Waals surface area contributed by atoms with Crippen LogP contribution in [0, 0.1) is 0 Å². The molecule has 0 spiro atoms. The smallest absolute Gasteiger partial charge is 0.116 e. The molecular weight excluding hydrogens is 844 g/mol. The van der Waals surface area contributed by atoms with Gasteiger partial charge in [0.15, 0.2) is 0 Å². The monoisotopic (exact) mass is 882 g/mol. The minimum absolute atomic E-state index is 0. The Morgan fingerprint density at radius 1 is 0.229 bits per heavy atom. The molecule has 0 fully saturated rings. The van der Waals surface area contributed by atoms with Gasteiger partial charge in [0.1, 0.15) is 46.4 Å². The molecule has 7 aromatic rings. The van der Waals surface area contributed by atoms with Gasteiger partial charge in [-0.15, -0.1) is 0 Å². The SMILES string of the molecule is [I-].[I-].c1ccc([P+](Cc2ccc(C[P+](c3ccccc3)(c3ccccc3)c3ccccc3)cc2)(c2ccccc2)c2ccccc2)cc1. The van der Waals surface area contributed by atoms with Gasteiger partial charge in [-0.1, -0.05) is 133 Å². The van der Waals surface area contributed by atoms with E-state index in [0.717, 1.165) is 12.3 Å². The van der Waals surface area contributed by atoms with Gasteiger partial charge in [0.05, 0.1) is 12.3 Å². The fraction of sp³-hybridized carbons (Fsp3) is 0.0455. The van der Waals surface area contributed by atoms with Gasteiger partial charge in [-0.3, -0.25) is 0 Å². The van der Waals surface area contributed by atoms with Gasteiger partial charge in [0, 0.05) is 0 Å². The highest BCUT2D eigenvalue weighted by molar-refractivity contribution is 7.95. The molecule has 48 heavy (non-hydrogen) atoms. The van der Waals surface area contributed by atoms with Crippen LogP contribution in [0.4, 0.5) is 0 Å². The Kier molecular flexibility index (Phi) is 12.8. The predicted octanol–water partition coefficient (Wildman–Crippen LogP) is 2.68. The average molecular weight is 883 g/mol. The summed E-state index contributed by atoms with van der Waals surface area (Å²) in [6.07, 6.45) is 1.95. The molecule has 0 N–H and O–H groups in total. The van der Waals surface area contributed by atoms with E-state index in [1.807, 2.05) is 0 Å². The second-order valence-electron chi connectivity index (χ2n) is 11.8. The maximum absolute atomic E-state index is 2.40. The average Bonchev–Trinajstić information content (AvgIpc) is 3.16. The van der Waals surface area contributed by atoms with E-state index < -0.39 is 14.5 Å². The van der Waals surface area contributed by atoms with E-state index in [1.165, 1.54) is 43.0 Å². The molecule has 0 bridgehead atoms. The van der Waals surface area contributed by atoms with Crippen LogP contribution in [0.5, 0.6) is 0 Å². The number of hydrogen-bond donors (Lipinski definition) is 0. The molecule has 0 unspecified atom stereocenters. The summed E-state index contributed by atoms with van der Waals surface area (Å²) in [6.45, 7) is 0. The molecule has 0 saturated heterocycles. The van der Waals surface area contributed by atoms with E-state index in [0.29, 0.717) is 0 Å². The summed E-state index contributed by atoms with van der Waals surface area (Å²) in [6, 6.07) is 76.7. The van der Waals surface area contributed by atoms with Crippen LogP contribution >= 0.6 is 14.5 Å². The summed E-state index contributed by atoms with van der Waals surface area (Å²) in [4.78, 5) is 0. The van der Waals surface area contributed by atoms with Crippen molar-refractivity contribution in [3.8, 4) is 0 Å². The highest BCUT2D eigenvalue weighted by atomic mass is 127. The molecule has 4 heteroatoms. The third-order valence-corrected chi connectivity index (χ3v) is 17.8. The number of halogens is 2. The zero-order valence-corrected chi connectivity index (χ0v) is 32.8. The maximum atomic E-state index is 2.40. The van der Waals surface area contributed by atoms with Gasteiger partial charge in [-0.2, -0.15) is 0 Å². The first-order chi connectivity index (χ1) is 22.8. The van der Waals surface area contributed by atoms with Crippen molar-refractivity contribution >= 4 is 46.4 Å². The fourth-order valence-electron chi connectivity index (χ4n) is 6.83. The van der Waals surface area contributed by atoms with Crippen molar-refractivity contribution in [2.24, 2.45) is 0 Å². The summed E-state index contributed by atoms with van der Waals surface area (Å²) in [5.41, 5.74) is 2.74. The van der Waals surface area contributed by atoms with Crippen molar-refractivity contribution in [1.82, 2.24) is 0 Å². The molecule has 0 atom stereocenters. The number of rotatable bonds is 10. The third kappa shape index (κ3) is 7.38. The van der Waals surface area contributed by atoms with Gasteiger partial charge in [0.25, 0.3) is 0 Å². The summed E-state index contributed by atoms with van der Waals surface area (Å²) in [5, 5.41) is 8.49. The molecule has 0 aliphatic rings. The normalized spacial score (nSPS) is 11.2. The molecule has 0 nitrogen and oxygen atoms in total. The van der Waals surface area contributed by atoms with E-state index >= 15 is 0 Å². The van der Waals surface area contributed by atoms with Gasteiger partial charge >= 0.3 is 0 Å². The van der Waals surface area contributed by atoms with E-state index in [4.69, 9.17) is 0 Å². The predicted molar refractivity (Wildman–Crippen MR) is 204 cm³/mol. The Bertz CT molecular complexity index is 1610. The highest BCUT2D eigenvalue weighted by Crippen LogP contribution is 2.59. The topological polar surface area (TPSA) is 0 Å². The second-order valence-corrected chi connectivity index (χ2v) is 18.7. The fourth-order valence-corrected chi connectivity index (χ4v) is 15.3. The Morgan fingerprint density at radius 3 is 0.562 bits per heavy atom. The lowest BCUT2D eigenvalue weighted by Crippen LogP contribution is -3.00. The molecule has 7 rings (SSSR count). The van der Waals surface area contributed by atoms with Crippen molar-refractivity contribution in [2.45, 2.75) is 12.3 Å². The first-order valence-corrected chi connectivity index (χ1v) is 19.9. The van der Waals surface area contributed by atoms with Crippen LogP contribution in [0.25, 0.3) is 0 Å². The van der Waals surface area contributed by atoms with Crippen LogP contribution in [0.1, 0.15) is 11.1 Å². The quantitative estimate of drug-likeness (QED) is 0.147. The van der Waals surface area contributed by atoms with E-state index in [1.54, 1.807) is 0 Å². The molecule has 0 radical (unpaired) electrons. The first kappa shape index (κ1) is 36.1. The van der Waals surface area contributed by atoms with Gasteiger partial charge in [-0.05, 0) is 83.9 Å². The Morgan fingerprint density at radius 2 is 0.396 bits per heavy atom. The van der Waals surface area contributed by atoms with Crippen molar-refractivity contribution in [3.63, 3.8) is 0 Å². The first-order valence-electron chi connectivity index (χ1n) is 16.0. The van der Waals surface area contributed by atoms with Crippen molar-refractivity contribution in [2.75, 3.05) is 0 Å². The van der Waals surface area contributed by atoms with E-state index in [9.17, 15) is 0 Å². The van der Waals surface area contributed by atoms with Gasteiger partial charge in [0.2, 0.25) is 0 Å². The summed E-state index contributed by atoms with van der Waals surface area (Å²) >= 11 is 0. The van der Waals surface area contributed by atoms with Crippen LogP contribution in [-0.2, 0) is 12.3 Å². The van der Waals surface area contributed by atoms with E-state index in [-0.39, 0.29) is 48.0 Å². The lowest BCUT2D eigenvalue weighted by atomic mass is 10.2. The second kappa shape index (κ2) is 17.0. The molecule has 238 valence electrons. The van der Waals surface area contributed by atoms with Crippen molar-refractivity contribution < 1.29 is 48.0 Å². The largest absolute Gasteiger partial charge is 1.00 e. The van der Waals surface area contributed by atoms with Crippen LogP contribution in [0.15, 0.2) is 206 Å². The standard InChI is InChI=1S/C44H38P2.2HI/c1-7-19-39(20-8-1)45(40-21-9-2-10-22-40,41-23-11-3-12-24-41)35-37-31-33-38(34-32-37)36-46(42-25-13-4-14-26-42,43-27-15-5-16-28-43)44-29-17-6-18-30-44;;/h1-34H,35-36H2;2*1H/q+2;;/p-2. The summed E-state index contributed by atoms with van der Waals surface area (Å²) in [7, 11) is -3.94. The molecule has 7 aromatic carbocycles. The zero-order valence-electron chi connectivity index (χ0n) is 26.7. The van der Waals surface area contributed by atoms with Crippen LogP contribution in [-0.4, -0.2) is 0 Å². The van der Waals surface area contributed by atoms with E-state index in [2.05, 4.69) is 206 Å². The zero-order chi connectivity index (χ0) is 31.1. The Hall–Kier alpha value is -3.14. The van der Waals surface area contributed by atoms with Crippen LogP contribution in [0.2, 0.25) is 0 Å². The molecule has 0 heterocycles. The number of hydrogen-bond acceptors (Lipinski definition) is 0. The number of benzene rings is 7. The Balaban J connectivity index is 0.00000225. The van der Waals surface area contributed by atoms with Crippen molar-refractivity contribution in [3.05, 3.63) is 217 Å². The lowest BCUT2D eigenvalue weighted by molar-refractivity contribution is -0.001000. The summed E-state index contributed by atoms with van der Waals surface area (Å²) < 4.78 is 0. The van der Waals surface area contributed by atoms with Crippen LogP contribution in [0.3, 0.4) is 0 Å². The molecule has 0 aliphatic heterocycles. The maximum Gasteiger partial charge on any atom is 0.116 e. The third-order valence-electron chi connectivity index (χ3n) is 9.04. The van der Waals surface area contributed by atoms with Gasteiger partial charge in [-0.25, -0.2) is 0 Å². The highest BCUT2D eigenvalue weighted by Gasteiger charge is 2.47. The van der Waals surface area contributed by atoms with Crippen LogP contribution < -0.4 is 79.8 Å². The van der Waals surface area contributed by atoms with Crippen molar-refractivity contribution in [1.29, 1.82) is 0 Å². The van der Waals surface area contributed by atoms with Gasteiger partial charge < -0.3 is 48.0 Å². The Labute approximate surface area is 321 Å². The lowest BCUT2D eigenvalue weighted by Gasteiger charge is -2.29. The minimum Gasteiger partial charge on any atom is -1.00 e. The molecule has 0 amide bonds. The minimum atomic E-state index is -1.97. The molecular formula is C44H38I2P2. The molecule has 0 saturated carbocycles. The molecule has 0 aliphatic carbocycles.